The Bertz CT molecular complexity index is 1270. The molecule has 0 amide bonds. The lowest BCUT2D eigenvalue weighted by atomic mass is 10.2. The Balaban J connectivity index is 0.000000379. The first-order chi connectivity index (χ1) is 20.2. The van der Waals surface area contributed by atoms with Gasteiger partial charge in [-0.1, -0.05) is 0 Å². The SMILES string of the molecule is O=C(O)C(F)(F)F.O=C(O)C(F)(F)F.O=C(O)C(F)(F)F.c1ccn(Cc2ncn3c2CN(Cc2ccncc2)CCC3)c1. The number of pyridine rings is 1. The van der Waals surface area contributed by atoms with Crippen LogP contribution in [0.1, 0.15) is 23.4 Å². The van der Waals surface area contributed by atoms with E-state index in [1.54, 1.807) is 0 Å². The van der Waals surface area contributed by atoms with Crippen molar-refractivity contribution in [1.82, 2.24) is 24.0 Å². The minimum absolute atomic E-state index is 0.846. The number of hydrogen-bond donors (Lipinski definition) is 3. The molecule has 0 aromatic carbocycles. The maximum absolute atomic E-state index is 10.6. The van der Waals surface area contributed by atoms with E-state index in [-0.39, 0.29) is 0 Å². The number of carbonyl (C=O) groups is 3. The Hall–Kier alpha value is -4.62. The Morgan fingerprint density at radius 3 is 1.64 bits per heavy atom. The van der Waals surface area contributed by atoms with Crippen LogP contribution < -0.4 is 0 Å². The molecule has 0 radical (unpaired) electrons. The van der Waals surface area contributed by atoms with Crippen LogP contribution in [0.2, 0.25) is 0 Å². The van der Waals surface area contributed by atoms with Crippen molar-refractivity contribution in [3.8, 4) is 0 Å². The third-order valence-corrected chi connectivity index (χ3v) is 5.16. The van der Waals surface area contributed by atoms with Crippen LogP contribution in [0.3, 0.4) is 0 Å². The number of nitrogens with zero attached hydrogens (tertiary/aromatic N) is 5. The van der Waals surface area contributed by atoms with Gasteiger partial charge in [-0.25, -0.2) is 19.4 Å². The quantitative estimate of drug-likeness (QED) is 0.349. The maximum Gasteiger partial charge on any atom is 0.490 e. The Morgan fingerprint density at radius 2 is 1.20 bits per heavy atom. The first kappa shape index (κ1) is 37.4. The fourth-order valence-corrected chi connectivity index (χ4v) is 3.24. The van der Waals surface area contributed by atoms with Crippen LogP contribution in [-0.2, 0) is 40.6 Å². The number of aryl methyl sites for hydroxylation is 1. The minimum atomic E-state index is -5.08. The van der Waals surface area contributed by atoms with E-state index in [4.69, 9.17) is 29.7 Å². The van der Waals surface area contributed by atoms with E-state index in [0.717, 1.165) is 39.1 Å². The molecule has 4 rings (SSSR count). The molecular weight excluding hydrogens is 625 g/mol. The zero-order chi connectivity index (χ0) is 33.7. The number of aliphatic carboxylic acids is 3. The minimum Gasteiger partial charge on any atom is -0.475 e. The molecule has 11 nitrogen and oxygen atoms in total. The summed E-state index contributed by atoms with van der Waals surface area (Å²) in [4.78, 5) is 38.0. The molecule has 0 unspecified atom stereocenters. The number of carboxylic acid groups (broad SMARTS) is 3. The second-order valence-electron chi connectivity index (χ2n) is 8.52. The summed E-state index contributed by atoms with van der Waals surface area (Å²) in [5.41, 5.74) is 3.85. The number of carboxylic acids is 3. The highest BCUT2D eigenvalue weighted by Gasteiger charge is 2.39. The number of aromatic nitrogens is 4. The van der Waals surface area contributed by atoms with E-state index >= 15 is 0 Å². The summed E-state index contributed by atoms with van der Waals surface area (Å²) < 4.78 is 99.7. The molecule has 3 aromatic heterocycles. The Labute approximate surface area is 241 Å². The summed E-state index contributed by atoms with van der Waals surface area (Å²) in [6.07, 6.45) is -4.15. The van der Waals surface area contributed by atoms with Crippen molar-refractivity contribution in [2.24, 2.45) is 0 Å². The number of halogens is 9. The normalized spacial score (nSPS) is 13.4. The predicted octanol–water partition coefficient (Wildman–Crippen LogP) is 4.43. The number of fused-ring (bicyclic) bond motifs is 1. The van der Waals surface area contributed by atoms with Crippen LogP contribution >= 0.6 is 0 Å². The zero-order valence-electron chi connectivity index (χ0n) is 22.1. The molecule has 244 valence electrons. The molecule has 0 aliphatic carbocycles. The lowest BCUT2D eigenvalue weighted by molar-refractivity contribution is -0.193. The third kappa shape index (κ3) is 14.0. The van der Waals surface area contributed by atoms with E-state index in [1.165, 1.54) is 17.0 Å². The van der Waals surface area contributed by atoms with Gasteiger partial charge in [-0.3, -0.25) is 9.88 Å². The van der Waals surface area contributed by atoms with Crippen molar-refractivity contribution in [1.29, 1.82) is 0 Å². The molecule has 20 heteroatoms. The molecule has 0 saturated carbocycles. The fraction of sp³-hybridized carbons (Fsp3) is 0.375. The molecule has 1 aliphatic rings. The van der Waals surface area contributed by atoms with Crippen LogP contribution in [0.5, 0.6) is 0 Å². The second kappa shape index (κ2) is 16.3. The van der Waals surface area contributed by atoms with Gasteiger partial charge in [0, 0.05) is 51.0 Å². The van der Waals surface area contributed by atoms with Crippen LogP contribution in [0.25, 0.3) is 0 Å². The van der Waals surface area contributed by atoms with Crippen molar-refractivity contribution in [2.75, 3.05) is 6.54 Å². The van der Waals surface area contributed by atoms with E-state index < -0.39 is 36.4 Å². The molecule has 0 atom stereocenters. The molecule has 3 aromatic rings. The Morgan fingerprint density at radius 1 is 0.750 bits per heavy atom. The van der Waals surface area contributed by atoms with Gasteiger partial charge >= 0.3 is 36.4 Å². The smallest absolute Gasteiger partial charge is 0.475 e. The lowest BCUT2D eigenvalue weighted by Gasteiger charge is -2.20. The lowest BCUT2D eigenvalue weighted by Crippen LogP contribution is -2.23. The molecule has 0 bridgehead atoms. The largest absolute Gasteiger partial charge is 0.490 e. The van der Waals surface area contributed by atoms with Crippen molar-refractivity contribution in [2.45, 2.75) is 51.1 Å². The van der Waals surface area contributed by atoms with E-state index in [1.807, 2.05) is 18.7 Å². The molecule has 0 spiro atoms. The molecule has 0 saturated heterocycles. The molecule has 4 heterocycles. The van der Waals surface area contributed by atoms with Crippen molar-refractivity contribution < 1.29 is 69.2 Å². The van der Waals surface area contributed by atoms with Crippen LogP contribution in [0, 0.1) is 0 Å². The van der Waals surface area contributed by atoms with Gasteiger partial charge in [0.1, 0.15) is 0 Å². The summed E-state index contributed by atoms with van der Waals surface area (Å²) >= 11 is 0. The third-order valence-electron chi connectivity index (χ3n) is 5.16. The maximum atomic E-state index is 10.6. The van der Waals surface area contributed by atoms with E-state index in [0.29, 0.717) is 0 Å². The van der Waals surface area contributed by atoms with Crippen LogP contribution in [0.4, 0.5) is 39.5 Å². The average Bonchev–Trinajstić information content (AvgIpc) is 3.50. The number of rotatable bonds is 4. The van der Waals surface area contributed by atoms with Gasteiger partial charge < -0.3 is 24.5 Å². The van der Waals surface area contributed by atoms with Gasteiger partial charge in [-0.05, 0) is 36.2 Å². The van der Waals surface area contributed by atoms with Crippen molar-refractivity contribution in [3.05, 3.63) is 72.3 Å². The molecular formula is C24H24F9N5O6. The van der Waals surface area contributed by atoms with Crippen molar-refractivity contribution >= 4 is 17.9 Å². The fourth-order valence-electron chi connectivity index (χ4n) is 3.24. The van der Waals surface area contributed by atoms with Gasteiger partial charge in [0.15, 0.2) is 0 Å². The van der Waals surface area contributed by atoms with Crippen LogP contribution in [0.15, 0.2) is 55.4 Å². The number of imidazole rings is 1. The number of alkyl halides is 9. The molecule has 44 heavy (non-hydrogen) atoms. The number of hydrogen-bond acceptors (Lipinski definition) is 6. The van der Waals surface area contributed by atoms with Crippen LogP contribution in [-0.4, -0.2) is 82.3 Å². The topological polar surface area (TPSA) is 151 Å². The van der Waals surface area contributed by atoms with Gasteiger partial charge in [0.05, 0.1) is 24.3 Å². The van der Waals surface area contributed by atoms with Crippen molar-refractivity contribution in [3.63, 3.8) is 0 Å². The predicted molar refractivity (Wildman–Crippen MR) is 130 cm³/mol. The highest BCUT2D eigenvalue weighted by molar-refractivity contribution is 5.73. The molecule has 0 fully saturated rings. The van der Waals surface area contributed by atoms with Gasteiger partial charge in [-0.2, -0.15) is 39.5 Å². The summed E-state index contributed by atoms with van der Waals surface area (Å²) in [6.45, 7) is 4.95. The summed E-state index contributed by atoms with van der Waals surface area (Å²) in [5.74, 6) is -8.27. The zero-order valence-corrected chi connectivity index (χ0v) is 22.1. The molecule has 1 aliphatic heterocycles. The summed E-state index contributed by atoms with van der Waals surface area (Å²) in [6, 6.07) is 8.32. The van der Waals surface area contributed by atoms with E-state index in [9.17, 15) is 39.5 Å². The van der Waals surface area contributed by atoms with Gasteiger partial charge in [-0.15, -0.1) is 0 Å². The molecule has 3 N–H and O–H groups in total. The second-order valence-corrected chi connectivity index (χ2v) is 8.52. The highest BCUT2D eigenvalue weighted by Crippen LogP contribution is 2.19. The van der Waals surface area contributed by atoms with E-state index in [2.05, 4.69) is 60.7 Å². The van der Waals surface area contributed by atoms with Gasteiger partial charge in [0.2, 0.25) is 0 Å². The van der Waals surface area contributed by atoms with Gasteiger partial charge in [0.25, 0.3) is 0 Å². The highest BCUT2D eigenvalue weighted by atomic mass is 19.4. The standard InChI is InChI=1S/C18H21N5.3C2HF3O2/c1-2-9-21(8-1)13-17-18-14-22(10-3-11-23(18)15-20-17)12-16-4-6-19-7-5-16;3*3-2(4,5)1(6)7/h1-2,4-9,15H,3,10-14H2;3*(H,6,7). The first-order valence-electron chi connectivity index (χ1n) is 11.9. The first-order valence-corrected chi connectivity index (χ1v) is 11.9. The Kier molecular flexibility index (Phi) is 13.8. The summed E-state index contributed by atoms with van der Waals surface area (Å²) in [5, 5.41) is 21.4. The average molecular weight is 649 g/mol. The summed E-state index contributed by atoms with van der Waals surface area (Å²) in [7, 11) is 0. The monoisotopic (exact) mass is 649 g/mol.